The Hall–Kier alpha value is -3.04. The van der Waals surface area contributed by atoms with Gasteiger partial charge in [0.25, 0.3) is 0 Å². The number of imidazole rings is 1. The van der Waals surface area contributed by atoms with Gasteiger partial charge >= 0.3 is 0 Å². The van der Waals surface area contributed by atoms with Crippen molar-refractivity contribution in [3.05, 3.63) is 47.9 Å². The summed E-state index contributed by atoms with van der Waals surface area (Å²) in [5.41, 5.74) is 3.10. The summed E-state index contributed by atoms with van der Waals surface area (Å²) < 4.78 is 21.1. The molecule has 0 aliphatic carbocycles. The van der Waals surface area contributed by atoms with Crippen LogP contribution in [0.2, 0.25) is 0 Å². The third-order valence-corrected chi connectivity index (χ3v) is 6.01. The monoisotopic (exact) mass is 424 g/mol. The SMILES string of the molecule is COc1cc(-c2nc3sccn3c2-c2ccnc(NC3CCNCC3)n2)ccc1F. The molecule has 5 rings (SSSR count). The Morgan fingerprint density at radius 2 is 2.10 bits per heavy atom. The van der Waals surface area contributed by atoms with Gasteiger partial charge in [0.2, 0.25) is 5.95 Å². The van der Waals surface area contributed by atoms with Gasteiger partial charge in [-0.1, -0.05) is 0 Å². The van der Waals surface area contributed by atoms with E-state index in [0.29, 0.717) is 12.0 Å². The maximum absolute atomic E-state index is 13.9. The number of hydrogen-bond donors (Lipinski definition) is 2. The van der Waals surface area contributed by atoms with Gasteiger partial charge in [0.05, 0.1) is 18.5 Å². The number of anilines is 1. The van der Waals surface area contributed by atoms with Crippen molar-refractivity contribution in [2.24, 2.45) is 0 Å². The predicted molar refractivity (Wildman–Crippen MR) is 116 cm³/mol. The molecule has 1 aliphatic heterocycles. The molecule has 3 aromatic heterocycles. The minimum atomic E-state index is -0.403. The molecule has 1 saturated heterocycles. The highest BCUT2D eigenvalue weighted by atomic mass is 32.1. The summed E-state index contributed by atoms with van der Waals surface area (Å²) in [6.07, 6.45) is 5.80. The highest BCUT2D eigenvalue weighted by Gasteiger charge is 2.20. The number of thiazole rings is 1. The number of piperidine rings is 1. The highest BCUT2D eigenvalue weighted by Crippen LogP contribution is 2.35. The Labute approximate surface area is 177 Å². The first-order valence-electron chi connectivity index (χ1n) is 9.83. The average molecular weight is 425 g/mol. The van der Waals surface area contributed by atoms with Crippen molar-refractivity contribution < 1.29 is 9.13 Å². The Morgan fingerprint density at radius 1 is 1.23 bits per heavy atom. The fraction of sp³-hybridized carbons (Fsp3) is 0.286. The topological polar surface area (TPSA) is 76.4 Å². The van der Waals surface area contributed by atoms with Crippen LogP contribution in [0.3, 0.4) is 0 Å². The molecule has 30 heavy (non-hydrogen) atoms. The van der Waals surface area contributed by atoms with E-state index in [4.69, 9.17) is 14.7 Å². The van der Waals surface area contributed by atoms with Crippen LogP contribution in [0.15, 0.2) is 42.0 Å². The van der Waals surface area contributed by atoms with Crippen LogP contribution in [0.5, 0.6) is 5.75 Å². The number of ether oxygens (including phenoxy) is 1. The lowest BCUT2D eigenvalue weighted by molar-refractivity contribution is 0.387. The minimum absolute atomic E-state index is 0.186. The van der Waals surface area contributed by atoms with E-state index < -0.39 is 5.82 Å². The van der Waals surface area contributed by atoms with E-state index in [-0.39, 0.29) is 5.75 Å². The molecule has 1 aliphatic rings. The lowest BCUT2D eigenvalue weighted by Gasteiger charge is -2.23. The Morgan fingerprint density at radius 3 is 2.93 bits per heavy atom. The highest BCUT2D eigenvalue weighted by molar-refractivity contribution is 7.15. The summed E-state index contributed by atoms with van der Waals surface area (Å²) in [6.45, 7) is 1.98. The molecule has 0 amide bonds. The lowest BCUT2D eigenvalue weighted by Crippen LogP contribution is -2.35. The molecule has 0 unspecified atom stereocenters. The van der Waals surface area contributed by atoms with Crippen LogP contribution in [0.1, 0.15) is 12.8 Å². The molecule has 0 bridgehead atoms. The molecule has 0 spiro atoms. The zero-order chi connectivity index (χ0) is 20.5. The van der Waals surface area contributed by atoms with E-state index in [2.05, 4.69) is 15.6 Å². The Bertz CT molecular complexity index is 1180. The number of benzene rings is 1. The summed E-state index contributed by atoms with van der Waals surface area (Å²) in [5, 5.41) is 8.80. The van der Waals surface area contributed by atoms with Gasteiger partial charge in [-0.15, -0.1) is 11.3 Å². The number of hydrogen-bond acceptors (Lipinski definition) is 7. The number of aromatic nitrogens is 4. The molecule has 4 heterocycles. The van der Waals surface area contributed by atoms with Gasteiger partial charge < -0.3 is 15.4 Å². The first-order valence-corrected chi connectivity index (χ1v) is 10.7. The van der Waals surface area contributed by atoms with E-state index in [1.807, 2.05) is 22.0 Å². The van der Waals surface area contributed by atoms with Gasteiger partial charge in [-0.2, -0.15) is 0 Å². The number of methoxy groups -OCH3 is 1. The molecular weight excluding hydrogens is 403 g/mol. The third kappa shape index (κ3) is 3.50. The zero-order valence-electron chi connectivity index (χ0n) is 16.4. The number of halogens is 1. The van der Waals surface area contributed by atoms with E-state index in [1.165, 1.54) is 24.5 Å². The molecule has 0 saturated carbocycles. The molecule has 0 radical (unpaired) electrons. The summed E-state index contributed by atoms with van der Waals surface area (Å²) >= 11 is 1.54. The number of nitrogens with one attached hydrogen (secondary N) is 2. The predicted octanol–water partition coefficient (Wildman–Crippen LogP) is 3.83. The summed E-state index contributed by atoms with van der Waals surface area (Å²) in [4.78, 5) is 14.8. The van der Waals surface area contributed by atoms with Gasteiger partial charge in [0, 0.05) is 29.4 Å². The van der Waals surface area contributed by atoms with E-state index in [0.717, 1.165) is 53.5 Å². The quantitative estimate of drug-likeness (QED) is 0.507. The van der Waals surface area contributed by atoms with Gasteiger partial charge in [0.15, 0.2) is 16.5 Å². The van der Waals surface area contributed by atoms with E-state index >= 15 is 0 Å². The standard InChI is InChI=1S/C21H21FN6OS/c1-29-17-12-13(2-3-15(17)22)18-19(28-10-11-30-21(28)27-18)16-6-9-24-20(26-16)25-14-4-7-23-8-5-14/h2-3,6,9-12,14,23H,4-5,7-8H2,1H3,(H,24,25,26). The van der Waals surface area contributed by atoms with Crippen LogP contribution in [-0.4, -0.2) is 45.6 Å². The van der Waals surface area contributed by atoms with Gasteiger partial charge in [0.1, 0.15) is 5.69 Å². The van der Waals surface area contributed by atoms with Crippen molar-refractivity contribution in [3.8, 4) is 28.4 Å². The molecule has 1 fully saturated rings. The lowest BCUT2D eigenvalue weighted by atomic mass is 10.1. The molecule has 9 heteroatoms. The average Bonchev–Trinajstić information content (AvgIpc) is 3.36. The fourth-order valence-corrected chi connectivity index (χ4v) is 4.46. The van der Waals surface area contributed by atoms with Gasteiger partial charge in [-0.25, -0.2) is 19.3 Å². The van der Waals surface area contributed by atoms with Crippen LogP contribution >= 0.6 is 11.3 Å². The molecule has 4 aromatic rings. The smallest absolute Gasteiger partial charge is 0.223 e. The second-order valence-electron chi connectivity index (χ2n) is 7.15. The Balaban J connectivity index is 1.58. The van der Waals surface area contributed by atoms with Crippen LogP contribution in [0.4, 0.5) is 10.3 Å². The Kier molecular flexibility index (Phi) is 5.06. The maximum Gasteiger partial charge on any atom is 0.223 e. The molecule has 1 aromatic carbocycles. The van der Waals surface area contributed by atoms with Crippen molar-refractivity contribution in [3.63, 3.8) is 0 Å². The molecule has 7 nitrogen and oxygen atoms in total. The summed E-state index contributed by atoms with van der Waals surface area (Å²) in [6, 6.07) is 7.01. The normalized spacial score (nSPS) is 14.9. The van der Waals surface area contributed by atoms with Crippen LogP contribution < -0.4 is 15.4 Å². The first-order chi connectivity index (χ1) is 14.7. The van der Waals surface area contributed by atoms with Crippen molar-refractivity contribution in [1.29, 1.82) is 0 Å². The zero-order valence-corrected chi connectivity index (χ0v) is 17.2. The van der Waals surface area contributed by atoms with Gasteiger partial charge in [-0.05, 0) is 50.2 Å². The summed E-state index contributed by atoms with van der Waals surface area (Å²) in [5.74, 6) is 0.386. The largest absolute Gasteiger partial charge is 0.494 e. The second-order valence-corrected chi connectivity index (χ2v) is 8.02. The number of fused-ring (bicyclic) bond motifs is 1. The maximum atomic E-state index is 13.9. The summed E-state index contributed by atoms with van der Waals surface area (Å²) in [7, 11) is 1.46. The van der Waals surface area contributed by atoms with Crippen LogP contribution in [0, 0.1) is 5.82 Å². The molecule has 154 valence electrons. The van der Waals surface area contributed by atoms with Crippen LogP contribution in [0.25, 0.3) is 27.6 Å². The molecular formula is C21H21FN6OS. The van der Waals surface area contributed by atoms with E-state index in [9.17, 15) is 4.39 Å². The van der Waals surface area contributed by atoms with Crippen molar-refractivity contribution in [1.82, 2.24) is 24.7 Å². The van der Waals surface area contributed by atoms with Crippen molar-refractivity contribution in [2.45, 2.75) is 18.9 Å². The second kappa shape index (κ2) is 8.00. The van der Waals surface area contributed by atoms with Crippen LogP contribution in [-0.2, 0) is 0 Å². The molecule has 2 N–H and O–H groups in total. The third-order valence-electron chi connectivity index (χ3n) is 5.26. The first kappa shape index (κ1) is 19.0. The minimum Gasteiger partial charge on any atom is -0.494 e. The van der Waals surface area contributed by atoms with Crippen molar-refractivity contribution >= 4 is 22.2 Å². The van der Waals surface area contributed by atoms with Crippen molar-refractivity contribution in [2.75, 3.05) is 25.5 Å². The molecule has 0 atom stereocenters. The van der Waals surface area contributed by atoms with E-state index in [1.54, 1.807) is 18.3 Å². The number of rotatable bonds is 5. The fourth-order valence-electron chi connectivity index (χ4n) is 3.75. The van der Waals surface area contributed by atoms with Gasteiger partial charge in [-0.3, -0.25) is 4.40 Å². The number of nitrogens with zero attached hydrogens (tertiary/aromatic N) is 4.